The molecule has 4 aromatic rings. The predicted molar refractivity (Wildman–Crippen MR) is 106 cm³/mol. The van der Waals surface area contributed by atoms with Crippen LogP contribution in [0.3, 0.4) is 0 Å². The number of aromatic amines is 1. The lowest BCUT2D eigenvalue weighted by Gasteiger charge is -2.12. The summed E-state index contributed by atoms with van der Waals surface area (Å²) < 4.78 is 20.5. The van der Waals surface area contributed by atoms with Crippen molar-refractivity contribution in [1.82, 2.24) is 9.97 Å². The van der Waals surface area contributed by atoms with Crippen LogP contribution in [-0.2, 0) is 6.61 Å². The molecule has 0 amide bonds. The van der Waals surface area contributed by atoms with Crippen LogP contribution < -0.4 is 10.3 Å². The summed E-state index contributed by atoms with van der Waals surface area (Å²) in [5, 5.41) is 0.519. The smallest absolute Gasteiger partial charge is 0.259 e. The number of ether oxygens (including phenoxy) is 1. The SMILES string of the molecule is O=c1[nH]c(-c2cc(Br)ccc2OCc2ccccc2F)nc2ccccc12. The van der Waals surface area contributed by atoms with Gasteiger partial charge in [-0.3, -0.25) is 4.79 Å². The highest BCUT2D eigenvalue weighted by atomic mass is 79.9. The fourth-order valence-electron chi connectivity index (χ4n) is 2.80. The van der Waals surface area contributed by atoms with Gasteiger partial charge in [-0.2, -0.15) is 0 Å². The molecule has 0 radical (unpaired) electrons. The molecule has 0 aliphatic carbocycles. The van der Waals surface area contributed by atoms with Crippen LogP contribution in [0.1, 0.15) is 5.56 Å². The minimum atomic E-state index is -0.326. The van der Waals surface area contributed by atoms with Crippen LogP contribution in [0.4, 0.5) is 4.39 Å². The first-order valence-corrected chi connectivity index (χ1v) is 9.06. The van der Waals surface area contributed by atoms with Crippen LogP contribution in [0.2, 0.25) is 0 Å². The zero-order valence-electron chi connectivity index (χ0n) is 14.1. The largest absolute Gasteiger partial charge is 0.488 e. The van der Waals surface area contributed by atoms with Crippen molar-refractivity contribution in [2.45, 2.75) is 6.61 Å². The van der Waals surface area contributed by atoms with E-state index in [1.807, 2.05) is 18.2 Å². The molecule has 1 heterocycles. The van der Waals surface area contributed by atoms with Crippen molar-refractivity contribution in [2.75, 3.05) is 0 Å². The summed E-state index contributed by atoms with van der Waals surface area (Å²) in [6, 6.07) is 19.0. The number of halogens is 2. The average Bonchev–Trinajstić information content (AvgIpc) is 2.68. The highest BCUT2D eigenvalue weighted by Crippen LogP contribution is 2.31. The van der Waals surface area contributed by atoms with Crippen LogP contribution >= 0.6 is 15.9 Å². The van der Waals surface area contributed by atoms with Crippen molar-refractivity contribution in [1.29, 1.82) is 0 Å². The molecule has 1 aromatic heterocycles. The molecule has 134 valence electrons. The lowest BCUT2D eigenvalue weighted by molar-refractivity contribution is 0.301. The number of hydrogen-bond acceptors (Lipinski definition) is 3. The standard InChI is InChI=1S/C21H14BrFN2O2/c22-14-9-10-19(27-12-13-5-1-3-7-17(13)23)16(11-14)20-24-18-8-4-2-6-15(18)21(26)25-20/h1-11H,12H2,(H,24,25,26). The lowest BCUT2D eigenvalue weighted by Crippen LogP contribution is -2.10. The molecular weight excluding hydrogens is 411 g/mol. The molecule has 0 aliphatic heterocycles. The number of rotatable bonds is 4. The van der Waals surface area contributed by atoms with E-state index in [9.17, 15) is 9.18 Å². The molecule has 4 rings (SSSR count). The Bertz CT molecular complexity index is 1190. The zero-order chi connectivity index (χ0) is 18.8. The Balaban J connectivity index is 1.76. The van der Waals surface area contributed by atoms with Gasteiger partial charge in [0, 0.05) is 10.0 Å². The third-order valence-corrected chi connectivity index (χ3v) is 4.64. The van der Waals surface area contributed by atoms with Gasteiger partial charge in [-0.25, -0.2) is 9.37 Å². The quantitative estimate of drug-likeness (QED) is 0.497. The Kier molecular flexibility index (Phi) is 4.73. The van der Waals surface area contributed by atoms with E-state index in [1.54, 1.807) is 42.5 Å². The average molecular weight is 425 g/mol. The summed E-state index contributed by atoms with van der Waals surface area (Å²) in [4.78, 5) is 19.7. The molecule has 0 spiro atoms. The maximum atomic E-state index is 13.9. The molecular formula is C21H14BrFN2O2. The highest BCUT2D eigenvalue weighted by Gasteiger charge is 2.13. The number of hydrogen-bond donors (Lipinski definition) is 1. The van der Waals surface area contributed by atoms with Gasteiger partial charge in [0.25, 0.3) is 5.56 Å². The van der Waals surface area contributed by atoms with Crippen molar-refractivity contribution in [3.63, 3.8) is 0 Å². The molecule has 0 atom stereocenters. The third kappa shape index (κ3) is 3.61. The molecule has 0 aliphatic rings. The summed E-state index contributed by atoms with van der Waals surface area (Å²) in [6.45, 7) is 0.0686. The number of H-pyrrole nitrogens is 1. The molecule has 4 nitrogen and oxygen atoms in total. The van der Waals surface area contributed by atoms with E-state index in [-0.39, 0.29) is 18.0 Å². The number of nitrogens with one attached hydrogen (secondary N) is 1. The minimum absolute atomic E-state index is 0.0686. The second-order valence-electron chi connectivity index (χ2n) is 5.95. The van der Waals surface area contributed by atoms with Crippen LogP contribution in [0.15, 0.2) is 76.0 Å². The van der Waals surface area contributed by atoms with E-state index in [4.69, 9.17) is 4.74 Å². The monoisotopic (exact) mass is 424 g/mol. The summed E-state index contributed by atoms with van der Waals surface area (Å²) in [6.07, 6.45) is 0. The van der Waals surface area contributed by atoms with Crippen molar-refractivity contribution < 1.29 is 9.13 Å². The molecule has 0 saturated carbocycles. The molecule has 3 aromatic carbocycles. The van der Waals surface area contributed by atoms with Crippen LogP contribution in [0.5, 0.6) is 5.75 Å². The van der Waals surface area contributed by atoms with Crippen molar-refractivity contribution in [3.8, 4) is 17.1 Å². The fourth-order valence-corrected chi connectivity index (χ4v) is 3.16. The molecule has 0 unspecified atom stereocenters. The maximum Gasteiger partial charge on any atom is 0.259 e. The fraction of sp³-hybridized carbons (Fsp3) is 0.0476. The van der Waals surface area contributed by atoms with Crippen molar-refractivity contribution in [3.05, 3.63) is 92.9 Å². The first-order chi connectivity index (χ1) is 13.1. The van der Waals surface area contributed by atoms with Crippen LogP contribution in [0, 0.1) is 5.82 Å². The normalized spacial score (nSPS) is 10.9. The summed E-state index contributed by atoms with van der Waals surface area (Å²) >= 11 is 3.43. The second-order valence-corrected chi connectivity index (χ2v) is 6.87. The Hall–Kier alpha value is -2.99. The van der Waals surface area contributed by atoms with Gasteiger partial charge < -0.3 is 9.72 Å². The van der Waals surface area contributed by atoms with E-state index in [1.165, 1.54) is 6.07 Å². The topological polar surface area (TPSA) is 55.0 Å². The van der Waals surface area contributed by atoms with E-state index in [0.29, 0.717) is 33.6 Å². The lowest BCUT2D eigenvalue weighted by atomic mass is 10.1. The minimum Gasteiger partial charge on any atom is -0.488 e. The van der Waals surface area contributed by atoms with Gasteiger partial charge in [0.2, 0.25) is 0 Å². The number of fused-ring (bicyclic) bond motifs is 1. The Morgan fingerprint density at radius 2 is 1.81 bits per heavy atom. The summed E-state index contributed by atoms with van der Waals surface area (Å²) in [7, 11) is 0. The van der Waals surface area contributed by atoms with Gasteiger partial charge in [0.05, 0.1) is 16.5 Å². The van der Waals surface area contributed by atoms with Crippen molar-refractivity contribution in [2.24, 2.45) is 0 Å². The Morgan fingerprint density at radius 3 is 2.67 bits per heavy atom. The van der Waals surface area contributed by atoms with Crippen molar-refractivity contribution >= 4 is 26.8 Å². The van der Waals surface area contributed by atoms with Gasteiger partial charge in [-0.05, 0) is 36.4 Å². The van der Waals surface area contributed by atoms with Gasteiger partial charge in [0.15, 0.2) is 0 Å². The van der Waals surface area contributed by atoms with E-state index < -0.39 is 0 Å². The summed E-state index contributed by atoms with van der Waals surface area (Å²) in [5.41, 5.74) is 1.43. The third-order valence-electron chi connectivity index (χ3n) is 4.15. The summed E-state index contributed by atoms with van der Waals surface area (Å²) in [5.74, 6) is 0.566. The van der Waals surface area contributed by atoms with Crippen LogP contribution in [0.25, 0.3) is 22.3 Å². The molecule has 1 N–H and O–H groups in total. The highest BCUT2D eigenvalue weighted by molar-refractivity contribution is 9.10. The first-order valence-electron chi connectivity index (χ1n) is 8.27. The number of benzene rings is 3. The molecule has 0 bridgehead atoms. The zero-order valence-corrected chi connectivity index (χ0v) is 15.7. The number of aromatic nitrogens is 2. The Morgan fingerprint density at radius 1 is 1.04 bits per heavy atom. The Labute approximate surface area is 162 Å². The molecule has 6 heteroatoms. The molecule has 27 heavy (non-hydrogen) atoms. The van der Waals surface area contributed by atoms with E-state index in [2.05, 4.69) is 25.9 Å². The van der Waals surface area contributed by atoms with Gasteiger partial charge in [0.1, 0.15) is 24.0 Å². The molecule has 0 saturated heterocycles. The predicted octanol–water partition coefficient (Wildman–Crippen LogP) is 5.07. The van der Waals surface area contributed by atoms with E-state index in [0.717, 1.165) is 4.47 Å². The molecule has 0 fully saturated rings. The second kappa shape index (κ2) is 7.32. The van der Waals surface area contributed by atoms with E-state index >= 15 is 0 Å². The maximum absolute atomic E-state index is 13.9. The van der Waals surface area contributed by atoms with Crippen LogP contribution in [-0.4, -0.2) is 9.97 Å². The van der Waals surface area contributed by atoms with Gasteiger partial charge >= 0.3 is 0 Å². The van der Waals surface area contributed by atoms with Gasteiger partial charge in [-0.15, -0.1) is 0 Å². The number of nitrogens with zero attached hydrogens (tertiary/aromatic N) is 1. The number of para-hydroxylation sites is 1. The first kappa shape index (κ1) is 17.4. The van der Waals surface area contributed by atoms with Gasteiger partial charge in [-0.1, -0.05) is 46.3 Å².